The lowest BCUT2D eigenvalue weighted by Crippen LogP contribution is -2.35. The van der Waals surface area contributed by atoms with E-state index in [1.54, 1.807) is 7.11 Å². The van der Waals surface area contributed by atoms with Crippen LogP contribution in [-0.4, -0.2) is 20.2 Å². The molecule has 0 spiro atoms. The average molecular weight is 222 g/mol. The third kappa shape index (κ3) is 4.21. The molecule has 0 bridgehead atoms. The van der Waals surface area contributed by atoms with Crippen LogP contribution >= 0.6 is 0 Å². The first-order valence-electron chi connectivity index (χ1n) is 5.61. The molecule has 0 heterocycles. The molecule has 3 heteroatoms. The molecule has 0 atom stereocenters. The first-order valence-corrected chi connectivity index (χ1v) is 5.61. The van der Waals surface area contributed by atoms with Gasteiger partial charge in [0.15, 0.2) is 0 Å². The summed E-state index contributed by atoms with van der Waals surface area (Å²) in [5.41, 5.74) is 7.08. The number of nitrogens with one attached hydrogen (secondary N) is 1. The second-order valence-corrected chi connectivity index (χ2v) is 4.82. The Morgan fingerprint density at radius 1 is 1.25 bits per heavy atom. The first kappa shape index (κ1) is 13.0. The van der Waals surface area contributed by atoms with Crippen molar-refractivity contribution in [3.8, 4) is 5.75 Å². The zero-order valence-electron chi connectivity index (χ0n) is 10.4. The summed E-state index contributed by atoms with van der Waals surface area (Å²) < 4.78 is 5.11. The van der Waals surface area contributed by atoms with Crippen LogP contribution in [0.5, 0.6) is 5.75 Å². The SMILES string of the molecule is COc1ccc(CNCC(C)(C)CN)cc1. The molecule has 1 aromatic rings. The molecule has 0 saturated carbocycles. The Hall–Kier alpha value is -1.06. The Labute approximate surface area is 98.0 Å². The molecule has 0 aromatic heterocycles. The molecule has 1 aromatic carbocycles. The number of rotatable bonds is 6. The molecule has 0 aliphatic heterocycles. The fraction of sp³-hybridized carbons (Fsp3) is 0.538. The fourth-order valence-electron chi connectivity index (χ4n) is 1.36. The lowest BCUT2D eigenvalue weighted by molar-refractivity contribution is 0.351. The maximum absolute atomic E-state index is 5.67. The molecule has 0 aliphatic carbocycles. The van der Waals surface area contributed by atoms with Crippen molar-refractivity contribution in [1.29, 1.82) is 0 Å². The Kier molecular flexibility index (Phi) is 4.77. The second-order valence-electron chi connectivity index (χ2n) is 4.82. The van der Waals surface area contributed by atoms with E-state index in [1.165, 1.54) is 5.56 Å². The van der Waals surface area contributed by atoms with Gasteiger partial charge in [-0.2, -0.15) is 0 Å². The van der Waals surface area contributed by atoms with Crippen LogP contribution in [-0.2, 0) is 6.54 Å². The van der Waals surface area contributed by atoms with Crippen LogP contribution in [0.15, 0.2) is 24.3 Å². The van der Waals surface area contributed by atoms with Gasteiger partial charge in [0.1, 0.15) is 5.75 Å². The Morgan fingerprint density at radius 3 is 2.38 bits per heavy atom. The van der Waals surface area contributed by atoms with Gasteiger partial charge in [-0.1, -0.05) is 26.0 Å². The van der Waals surface area contributed by atoms with Crippen LogP contribution < -0.4 is 15.8 Å². The maximum atomic E-state index is 5.67. The van der Waals surface area contributed by atoms with Gasteiger partial charge in [-0.25, -0.2) is 0 Å². The number of ether oxygens (including phenoxy) is 1. The molecule has 1 rings (SSSR count). The van der Waals surface area contributed by atoms with Crippen molar-refractivity contribution in [3.05, 3.63) is 29.8 Å². The van der Waals surface area contributed by atoms with E-state index in [0.29, 0.717) is 6.54 Å². The van der Waals surface area contributed by atoms with E-state index in [2.05, 4.69) is 31.3 Å². The van der Waals surface area contributed by atoms with Gasteiger partial charge in [0.25, 0.3) is 0 Å². The standard InChI is InChI=1S/C13H22N2O/c1-13(2,9-14)10-15-8-11-4-6-12(16-3)7-5-11/h4-7,15H,8-10,14H2,1-3H3. The number of methoxy groups -OCH3 is 1. The summed E-state index contributed by atoms with van der Waals surface area (Å²) in [4.78, 5) is 0. The van der Waals surface area contributed by atoms with Gasteiger partial charge in [-0.05, 0) is 29.7 Å². The van der Waals surface area contributed by atoms with E-state index >= 15 is 0 Å². The Balaban J connectivity index is 2.37. The van der Waals surface area contributed by atoms with Crippen molar-refractivity contribution in [3.63, 3.8) is 0 Å². The molecule has 0 aliphatic rings. The molecule has 3 nitrogen and oxygen atoms in total. The average Bonchev–Trinajstić information content (AvgIpc) is 2.30. The molecule has 16 heavy (non-hydrogen) atoms. The van der Waals surface area contributed by atoms with Crippen LogP contribution in [0, 0.1) is 5.41 Å². The van der Waals surface area contributed by atoms with Crippen molar-refractivity contribution in [2.75, 3.05) is 20.2 Å². The lowest BCUT2D eigenvalue weighted by atomic mass is 9.94. The van der Waals surface area contributed by atoms with Crippen molar-refractivity contribution in [2.45, 2.75) is 20.4 Å². The Bertz CT molecular complexity index is 306. The smallest absolute Gasteiger partial charge is 0.118 e. The molecule has 0 unspecified atom stereocenters. The van der Waals surface area contributed by atoms with Crippen LogP contribution in [0.3, 0.4) is 0 Å². The van der Waals surface area contributed by atoms with Crippen LogP contribution in [0.4, 0.5) is 0 Å². The number of benzene rings is 1. The quantitative estimate of drug-likeness (QED) is 0.771. The molecular formula is C13H22N2O. The minimum Gasteiger partial charge on any atom is -0.497 e. The van der Waals surface area contributed by atoms with Crippen molar-refractivity contribution in [1.82, 2.24) is 5.32 Å². The minimum absolute atomic E-state index is 0.159. The second kappa shape index (κ2) is 5.87. The summed E-state index contributed by atoms with van der Waals surface area (Å²) in [5, 5.41) is 3.41. The van der Waals surface area contributed by atoms with Crippen molar-refractivity contribution >= 4 is 0 Å². The molecule has 0 radical (unpaired) electrons. The first-order chi connectivity index (χ1) is 7.57. The maximum Gasteiger partial charge on any atom is 0.118 e. The summed E-state index contributed by atoms with van der Waals surface area (Å²) >= 11 is 0. The van der Waals surface area contributed by atoms with Crippen LogP contribution in [0.1, 0.15) is 19.4 Å². The molecule has 0 fully saturated rings. The monoisotopic (exact) mass is 222 g/mol. The van der Waals surface area contributed by atoms with Gasteiger partial charge in [0.2, 0.25) is 0 Å². The summed E-state index contributed by atoms with van der Waals surface area (Å²) in [7, 11) is 1.68. The minimum atomic E-state index is 0.159. The van der Waals surface area contributed by atoms with Crippen molar-refractivity contribution < 1.29 is 4.74 Å². The molecule has 0 saturated heterocycles. The summed E-state index contributed by atoms with van der Waals surface area (Å²) in [6, 6.07) is 8.10. The fourth-order valence-corrected chi connectivity index (χ4v) is 1.36. The van der Waals surface area contributed by atoms with Gasteiger partial charge in [0, 0.05) is 13.1 Å². The van der Waals surface area contributed by atoms with E-state index in [4.69, 9.17) is 10.5 Å². The van der Waals surface area contributed by atoms with Gasteiger partial charge in [-0.15, -0.1) is 0 Å². The van der Waals surface area contributed by atoms with Crippen molar-refractivity contribution in [2.24, 2.45) is 11.1 Å². The lowest BCUT2D eigenvalue weighted by Gasteiger charge is -2.22. The molecule has 3 N–H and O–H groups in total. The van der Waals surface area contributed by atoms with Crippen LogP contribution in [0.2, 0.25) is 0 Å². The van der Waals surface area contributed by atoms with E-state index in [-0.39, 0.29) is 5.41 Å². The van der Waals surface area contributed by atoms with E-state index in [0.717, 1.165) is 18.8 Å². The van der Waals surface area contributed by atoms with Gasteiger partial charge >= 0.3 is 0 Å². The number of nitrogens with two attached hydrogens (primary N) is 1. The molecule has 90 valence electrons. The summed E-state index contributed by atoms with van der Waals surface area (Å²) in [5.74, 6) is 0.894. The van der Waals surface area contributed by atoms with E-state index in [1.807, 2.05) is 12.1 Å². The topological polar surface area (TPSA) is 47.3 Å². The van der Waals surface area contributed by atoms with E-state index < -0.39 is 0 Å². The third-order valence-electron chi connectivity index (χ3n) is 2.64. The highest BCUT2D eigenvalue weighted by molar-refractivity contribution is 5.26. The van der Waals surface area contributed by atoms with E-state index in [9.17, 15) is 0 Å². The molecule has 0 amide bonds. The highest BCUT2D eigenvalue weighted by Crippen LogP contribution is 2.13. The van der Waals surface area contributed by atoms with Gasteiger partial charge in [-0.3, -0.25) is 0 Å². The zero-order chi connectivity index (χ0) is 12.0. The third-order valence-corrected chi connectivity index (χ3v) is 2.64. The predicted molar refractivity (Wildman–Crippen MR) is 67.5 cm³/mol. The summed E-state index contributed by atoms with van der Waals surface area (Å²) in [6.07, 6.45) is 0. The summed E-state index contributed by atoms with van der Waals surface area (Å²) in [6.45, 7) is 6.81. The predicted octanol–water partition coefficient (Wildman–Crippen LogP) is 1.77. The Morgan fingerprint density at radius 2 is 1.88 bits per heavy atom. The normalized spacial score (nSPS) is 11.5. The highest BCUT2D eigenvalue weighted by atomic mass is 16.5. The van der Waals surface area contributed by atoms with Gasteiger partial charge in [0.05, 0.1) is 7.11 Å². The largest absolute Gasteiger partial charge is 0.497 e. The van der Waals surface area contributed by atoms with Gasteiger partial charge < -0.3 is 15.8 Å². The number of hydrogen-bond donors (Lipinski definition) is 2. The zero-order valence-corrected chi connectivity index (χ0v) is 10.4. The number of hydrogen-bond acceptors (Lipinski definition) is 3. The van der Waals surface area contributed by atoms with Crippen LogP contribution in [0.25, 0.3) is 0 Å². The molecular weight excluding hydrogens is 200 g/mol. The highest BCUT2D eigenvalue weighted by Gasteiger charge is 2.14.